The molecule has 4 N–H and O–H groups in total. The molecule has 0 spiro atoms. The third-order valence-corrected chi connectivity index (χ3v) is 3.10. The number of nitrogens with one attached hydrogen (secondary N) is 1. The fourth-order valence-electron chi connectivity index (χ4n) is 1.98. The molecule has 1 unspecified atom stereocenters. The van der Waals surface area contributed by atoms with Crippen LogP contribution < -0.4 is 11.1 Å². The van der Waals surface area contributed by atoms with Gasteiger partial charge in [-0.25, -0.2) is 4.98 Å². The van der Waals surface area contributed by atoms with E-state index in [0.717, 1.165) is 12.8 Å². The van der Waals surface area contributed by atoms with E-state index in [1.165, 1.54) is 12.3 Å². The number of amides is 1. The van der Waals surface area contributed by atoms with Crippen molar-refractivity contribution < 1.29 is 14.6 Å². The second-order valence-corrected chi connectivity index (χ2v) is 4.34. The second kappa shape index (κ2) is 5.79. The highest BCUT2D eigenvalue weighted by Gasteiger charge is 2.27. The Morgan fingerprint density at radius 1 is 1.56 bits per heavy atom. The molecule has 1 atom stereocenters. The predicted molar refractivity (Wildman–Crippen MR) is 66.0 cm³/mol. The molecule has 6 nitrogen and oxygen atoms in total. The van der Waals surface area contributed by atoms with Crippen LogP contribution >= 0.6 is 0 Å². The topological polar surface area (TPSA) is 97.5 Å². The number of ether oxygens (including phenoxy) is 1. The molecule has 2 rings (SSSR count). The van der Waals surface area contributed by atoms with Crippen LogP contribution in [0.5, 0.6) is 5.75 Å². The predicted octanol–water partition coefficient (Wildman–Crippen LogP) is 0.480. The van der Waals surface area contributed by atoms with E-state index in [9.17, 15) is 9.90 Å². The number of carbonyl (C=O) groups excluding carboxylic acids is 1. The van der Waals surface area contributed by atoms with Gasteiger partial charge in [0.25, 0.3) is 0 Å². The number of rotatable bonds is 3. The Morgan fingerprint density at radius 3 is 2.94 bits per heavy atom. The van der Waals surface area contributed by atoms with E-state index in [-0.39, 0.29) is 23.4 Å². The molecule has 1 fully saturated rings. The average Bonchev–Trinajstić information content (AvgIpc) is 2.41. The van der Waals surface area contributed by atoms with E-state index < -0.39 is 6.04 Å². The van der Waals surface area contributed by atoms with Crippen molar-refractivity contribution >= 4 is 11.7 Å². The van der Waals surface area contributed by atoms with Crippen LogP contribution in [0.25, 0.3) is 0 Å². The molecule has 0 aliphatic carbocycles. The number of anilines is 1. The molecular formula is C12H17N3O3. The van der Waals surface area contributed by atoms with Crippen molar-refractivity contribution in [2.24, 2.45) is 11.7 Å². The highest BCUT2D eigenvalue weighted by molar-refractivity contribution is 5.95. The molecule has 1 aliphatic heterocycles. The summed E-state index contributed by atoms with van der Waals surface area (Å²) in [6.45, 7) is 1.28. The van der Waals surface area contributed by atoms with Crippen LogP contribution in [-0.2, 0) is 9.53 Å². The van der Waals surface area contributed by atoms with Gasteiger partial charge in [0, 0.05) is 19.4 Å². The van der Waals surface area contributed by atoms with Gasteiger partial charge in [0.05, 0.1) is 6.04 Å². The van der Waals surface area contributed by atoms with E-state index in [1.54, 1.807) is 6.07 Å². The van der Waals surface area contributed by atoms with Gasteiger partial charge in [0.1, 0.15) is 0 Å². The summed E-state index contributed by atoms with van der Waals surface area (Å²) < 4.78 is 5.23. The van der Waals surface area contributed by atoms with Crippen LogP contribution in [0.1, 0.15) is 12.8 Å². The third kappa shape index (κ3) is 2.96. The number of carbonyl (C=O) groups is 1. The zero-order valence-corrected chi connectivity index (χ0v) is 10.0. The van der Waals surface area contributed by atoms with E-state index >= 15 is 0 Å². The number of aromatic nitrogens is 1. The summed E-state index contributed by atoms with van der Waals surface area (Å²) >= 11 is 0. The first-order chi connectivity index (χ1) is 8.68. The first-order valence-electron chi connectivity index (χ1n) is 5.96. The summed E-state index contributed by atoms with van der Waals surface area (Å²) in [5.41, 5.74) is 5.91. The molecule has 1 aliphatic rings. The first-order valence-corrected chi connectivity index (χ1v) is 5.96. The number of aromatic hydroxyl groups is 1. The maximum Gasteiger partial charge on any atom is 0.242 e. The van der Waals surface area contributed by atoms with Crippen LogP contribution in [0.3, 0.4) is 0 Å². The summed E-state index contributed by atoms with van der Waals surface area (Å²) in [5, 5.41) is 12.1. The van der Waals surface area contributed by atoms with E-state index in [4.69, 9.17) is 10.5 Å². The summed E-state index contributed by atoms with van der Waals surface area (Å²) in [6, 6.07) is 2.45. The van der Waals surface area contributed by atoms with Crippen molar-refractivity contribution in [3.63, 3.8) is 0 Å². The standard InChI is InChI=1S/C12H17N3O3/c13-10(8-3-6-18-7-4-8)12(17)15-11-9(16)2-1-5-14-11/h1-2,5,8,10,16H,3-4,6-7,13H2,(H,14,15,17). The lowest BCUT2D eigenvalue weighted by Crippen LogP contribution is -2.44. The third-order valence-electron chi connectivity index (χ3n) is 3.10. The Hall–Kier alpha value is -1.66. The van der Waals surface area contributed by atoms with Crippen molar-refractivity contribution in [1.29, 1.82) is 0 Å². The minimum atomic E-state index is -0.602. The van der Waals surface area contributed by atoms with Gasteiger partial charge in [0.15, 0.2) is 11.6 Å². The van der Waals surface area contributed by atoms with Crippen molar-refractivity contribution in [3.8, 4) is 5.75 Å². The average molecular weight is 251 g/mol. The van der Waals surface area contributed by atoms with E-state index in [0.29, 0.717) is 13.2 Å². The van der Waals surface area contributed by atoms with Crippen LogP contribution in [0, 0.1) is 5.92 Å². The van der Waals surface area contributed by atoms with E-state index in [1.807, 2.05) is 0 Å². The Balaban J connectivity index is 1.97. The van der Waals surface area contributed by atoms with Crippen molar-refractivity contribution in [2.45, 2.75) is 18.9 Å². The smallest absolute Gasteiger partial charge is 0.242 e. The molecule has 0 bridgehead atoms. The van der Waals surface area contributed by atoms with Gasteiger partial charge in [-0.15, -0.1) is 0 Å². The van der Waals surface area contributed by atoms with Crippen LogP contribution in [0.15, 0.2) is 18.3 Å². The van der Waals surface area contributed by atoms with Gasteiger partial charge in [-0.05, 0) is 30.9 Å². The summed E-state index contributed by atoms with van der Waals surface area (Å²) in [5.74, 6) is -0.129. The van der Waals surface area contributed by atoms with Gasteiger partial charge in [0.2, 0.25) is 5.91 Å². The van der Waals surface area contributed by atoms with Gasteiger partial charge >= 0.3 is 0 Å². The van der Waals surface area contributed by atoms with Crippen molar-refractivity contribution in [2.75, 3.05) is 18.5 Å². The maximum absolute atomic E-state index is 11.9. The van der Waals surface area contributed by atoms with Gasteiger partial charge in [-0.2, -0.15) is 0 Å². The second-order valence-electron chi connectivity index (χ2n) is 4.34. The van der Waals surface area contributed by atoms with Gasteiger partial charge in [-0.3, -0.25) is 4.79 Å². The number of pyridine rings is 1. The number of nitrogens with zero attached hydrogens (tertiary/aromatic N) is 1. The Morgan fingerprint density at radius 2 is 2.28 bits per heavy atom. The zero-order chi connectivity index (χ0) is 13.0. The van der Waals surface area contributed by atoms with Crippen LogP contribution in [-0.4, -0.2) is 35.3 Å². The highest BCUT2D eigenvalue weighted by atomic mass is 16.5. The molecule has 18 heavy (non-hydrogen) atoms. The molecule has 1 aromatic heterocycles. The zero-order valence-electron chi connectivity index (χ0n) is 10.0. The van der Waals surface area contributed by atoms with Crippen LogP contribution in [0.4, 0.5) is 5.82 Å². The normalized spacial score (nSPS) is 18.3. The SMILES string of the molecule is NC(C(=O)Nc1ncccc1O)C1CCOCC1. The summed E-state index contributed by atoms with van der Waals surface area (Å²) in [4.78, 5) is 15.8. The lowest BCUT2D eigenvalue weighted by molar-refractivity contribution is -0.119. The lowest BCUT2D eigenvalue weighted by Gasteiger charge is -2.26. The molecule has 1 saturated heterocycles. The summed E-state index contributed by atoms with van der Waals surface area (Å²) in [7, 11) is 0. The number of hydrogen-bond donors (Lipinski definition) is 3. The van der Waals surface area contributed by atoms with Gasteiger partial charge < -0.3 is 20.9 Å². The minimum Gasteiger partial charge on any atom is -0.504 e. The monoisotopic (exact) mass is 251 g/mol. The Kier molecular flexibility index (Phi) is 4.11. The van der Waals surface area contributed by atoms with Crippen LogP contribution in [0.2, 0.25) is 0 Å². The molecule has 98 valence electrons. The van der Waals surface area contributed by atoms with Gasteiger partial charge in [-0.1, -0.05) is 0 Å². The van der Waals surface area contributed by atoms with E-state index in [2.05, 4.69) is 10.3 Å². The Bertz CT molecular complexity index is 419. The molecule has 6 heteroatoms. The minimum absolute atomic E-state index is 0.0648. The largest absolute Gasteiger partial charge is 0.504 e. The first kappa shape index (κ1) is 12.8. The maximum atomic E-state index is 11.9. The van der Waals surface area contributed by atoms with Crippen molar-refractivity contribution in [1.82, 2.24) is 4.98 Å². The number of nitrogens with two attached hydrogens (primary N) is 1. The molecule has 0 radical (unpaired) electrons. The Labute approximate surface area is 105 Å². The highest BCUT2D eigenvalue weighted by Crippen LogP contribution is 2.21. The summed E-state index contributed by atoms with van der Waals surface area (Å²) in [6.07, 6.45) is 3.06. The van der Waals surface area contributed by atoms with Crippen molar-refractivity contribution in [3.05, 3.63) is 18.3 Å². The molecular weight excluding hydrogens is 234 g/mol. The fraction of sp³-hybridized carbons (Fsp3) is 0.500. The molecule has 1 amide bonds. The molecule has 1 aromatic rings. The lowest BCUT2D eigenvalue weighted by atomic mass is 9.92. The quantitative estimate of drug-likeness (QED) is 0.726. The number of hydrogen-bond acceptors (Lipinski definition) is 5. The fourth-order valence-corrected chi connectivity index (χ4v) is 1.98. The molecule has 2 heterocycles. The molecule has 0 aromatic carbocycles. The molecule has 0 saturated carbocycles.